The number of imidazole rings is 1. The highest BCUT2D eigenvalue weighted by molar-refractivity contribution is 5.70. The van der Waals surface area contributed by atoms with Gasteiger partial charge in [-0.3, -0.25) is 13.9 Å². The first-order valence-corrected chi connectivity index (χ1v) is 11.6. The Balaban J connectivity index is 1.64. The number of aromatic nitrogens is 4. The zero-order valence-corrected chi connectivity index (χ0v) is 20.1. The lowest BCUT2D eigenvalue weighted by Gasteiger charge is -2.13. The molecule has 5 aromatic rings. The maximum absolute atomic E-state index is 13.7. The standard InChI is InChI=1S/C28H26N4O4/c1-35-23-12-8-21(9-13-23)17-31-26-25(30(19-29-26)16-20-6-4-3-5-7-20)27(33)32(28(31)34)18-22-10-14-24(36-2)15-11-22/h3-15,19H,16-18H2,1-2H3. The maximum atomic E-state index is 13.7. The summed E-state index contributed by atoms with van der Waals surface area (Å²) in [7, 11) is 3.20. The van der Waals surface area contributed by atoms with Crippen LogP contribution in [-0.2, 0) is 19.6 Å². The van der Waals surface area contributed by atoms with Gasteiger partial charge in [0.1, 0.15) is 11.5 Å². The zero-order chi connectivity index (χ0) is 25.1. The second kappa shape index (κ2) is 9.95. The molecule has 0 unspecified atom stereocenters. The van der Waals surface area contributed by atoms with E-state index in [0.717, 1.165) is 22.4 Å². The Morgan fingerprint density at radius 2 is 1.19 bits per heavy atom. The largest absolute Gasteiger partial charge is 0.497 e. The molecular formula is C28H26N4O4. The smallest absolute Gasteiger partial charge is 0.333 e. The molecule has 0 aliphatic carbocycles. The van der Waals surface area contributed by atoms with E-state index < -0.39 is 5.69 Å². The Morgan fingerprint density at radius 3 is 1.75 bits per heavy atom. The third kappa shape index (κ3) is 4.53. The second-order valence-electron chi connectivity index (χ2n) is 8.49. The highest BCUT2D eigenvalue weighted by Gasteiger charge is 2.19. The minimum absolute atomic E-state index is 0.136. The van der Waals surface area contributed by atoms with Crippen LogP contribution in [0.5, 0.6) is 11.5 Å². The van der Waals surface area contributed by atoms with E-state index in [4.69, 9.17) is 9.47 Å². The molecule has 0 spiro atoms. The van der Waals surface area contributed by atoms with Gasteiger partial charge in [0.2, 0.25) is 0 Å². The van der Waals surface area contributed by atoms with Gasteiger partial charge in [-0.25, -0.2) is 9.78 Å². The Labute approximate surface area is 207 Å². The Morgan fingerprint density at radius 1 is 0.667 bits per heavy atom. The van der Waals surface area contributed by atoms with Gasteiger partial charge in [-0.2, -0.15) is 0 Å². The predicted octanol–water partition coefficient (Wildman–Crippen LogP) is 3.52. The van der Waals surface area contributed by atoms with Gasteiger partial charge in [-0.15, -0.1) is 0 Å². The normalized spacial score (nSPS) is 11.1. The van der Waals surface area contributed by atoms with Gasteiger partial charge in [0.15, 0.2) is 11.2 Å². The molecule has 0 radical (unpaired) electrons. The van der Waals surface area contributed by atoms with Gasteiger partial charge in [-0.05, 0) is 41.0 Å². The molecule has 0 aliphatic rings. The van der Waals surface area contributed by atoms with Crippen LogP contribution in [0.15, 0.2) is 94.8 Å². The molecular weight excluding hydrogens is 456 g/mol. The van der Waals surface area contributed by atoms with Crippen molar-refractivity contribution in [3.8, 4) is 11.5 Å². The molecule has 5 rings (SSSR count). The van der Waals surface area contributed by atoms with Crippen LogP contribution < -0.4 is 20.7 Å². The molecule has 0 aliphatic heterocycles. The van der Waals surface area contributed by atoms with E-state index in [1.807, 2.05) is 83.4 Å². The molecule has 0 fully saturated rings. The molecule has 0 saturated carbocycles. The highest BCUT2D eigenvalue weighted by Crippen LogP contribution is 2.16. The van der Waals surface area contributed by atoms with Crippen molar-refractivity contribution in [1.29, 1.82) is 0 Å². The number of fused-ring (bicyclic) bond motifs is 1. The fraction of sp³-hybridized carbons (Fsp3) is 0.179. The van der Waals surface area contributed by atoms with Crippen LogP contribution in [0.4, 0.5) is 0 Å². The second-order valence-corrected chi connectivity index (χ2v) is 8.49. The molecule has 0 saturated heterocycles. The first kappa shape index (κ1) is 23.2. The summed E-state index contributed by atoms with van der Waals surface area (Å²) in [6, 6.07) is 24.7. The van der Waals surface area contributed by atoms with Crippen LogP contribution in [-0.4, -0.2) is 32.9 Å². The van der Waals surface area contributed by atoms with Crippen LogP contribution in [0.25, 0.3) is 11.2 Å². The zero-order valence-electron chi connectivity index (χ0n) is 20.1. The van der Waals surface area contributed by atoms with Gasteiger partial charge in [0.25, 0.3) is 5.56 Å². The molecule has 2 heterocycles. The fourth-order valence-corrected chi connectivity index (χ4v) is 4.25. The van der Waals surface area contributed by atoms with Crippen molar-refractivity contribution in [2.24, 2.45) is 0 Å². The van der Waals surface area contributed by atoms with Crippen molar-refractivity contribution >= 4 is 11.2 Å². The van der Waals surface area contributed by atoms with Crippen molar-refractivity contribution in [1.82, 2.24) is 18.7 Å². The lowest BCUT2D eigenvalue weighted by molar-refractivity contribution is 0.414. The molecule has 2 aromatic heterocycles. The molecule has 0 bridgehead atoms. The summed E-state index contributed by atoms with van der Waals surface area (Å²) in [5.41, 5.74) is 2.72. The number of ether oxygens (including phenoxy) is 2. The summed E-state index contributed by atoms with van der Waals surface area (Å²) in [5, 5.41) is 0. The van der Waals surface area contributed by atoms with Crippen molar-refractivity contribution in [3.63, 3.8) is 0 Å². The minimum atomic E-state index is -0.413. The SMILES string of the molecule is COc1ccc(Cn2c(=O)c3c(ncn3Cc3ccccc3)n(Cc3ccc(OC)cc3)c2=O)cc1. The lowest BCUT2D eigenvalue weighted by atomic mass is 10.2. The molecule has 3 aromatic carbocycles. The Kier molecular flexibility index (Phi) is 6.40. The van der Waals surface area contributed by atoms with Gasteiger partial charge < -0.3 is 14.0 Å². The molecule has 182 valence electrons. The van der Waals surface area contributed by atoms with Crippen LogP contribution in [0, 0.1) is 0 Å². The third-order valence-corrected chi connectivity index (χ3v) is 6.18. The van der Waals surface area contributed by atoms with Crippen LogP contribution in [0.3, 0.4) is 0 Å². The van der Waals surface area contributed by atoms with E-state index in [0.29, 0.717) is 23.5 Å². The topological polar surface area (TPSA) is 80.3 Å². The summed E-state index contributed by atoms with van der Waals surface area (Å²) in [6.07, 6.45) is 1.63. The summed E-state index contributed by atoms with van der Waals surface area (Å²) < 4.78 is 15.1. The highest BCUT2D eigenvalue weighted by atomic mass is 16.5. The quantitative estimate of drug-likeness (QED) is 0.338. The third-order valence-electron chi connectivity index (χ3n) is 6.18. The fourth-order valence-electron chi connectivity index (χ4n) is 4.25. The molecule has 8 nitrogen and oxygen atoms in total. The van der Waals surface area contributed by atoms with Crippen LogP contribution >= 0.6 is 0 Å². The van der Waals surface area contributed by atoms with Crippen molar-refractivity contribution < 1.29 is 9.47 Å². The first-order valence-electron chi connectivity index (χ1n) is 11.6. The molecule has 0 amide bonds. The summed E-state index contributed by atoms with van der Waals surface area (Å²) in [6.45, 7) is 0.872. The van der Waals surface area contributed by atoms with Gasteiger partial charge in [-0.1, -0.05) is 54.6 Å². The van der Waals surface area contributed by atoms with Crippen molar-refractivity contribution in [2.45, 2.75) is 19.6 Å². The maximum Gasteiger partial charge on any atom is 0.333 e. The van der Waals surface area contributed by atoms with E-state index in [2.05, 4.69) is 4.98 Å². The average Bonchev–Trinajstić information content (AvgIpc) is 3.33. The van der Waals surface area contributed by atoms with E-state index in [1.54, 1.807) is 25.1 Å². The lowest BCUT2D eigenvalue weighted by Crippen LogP contribution is -2.41. The predicted molar refractivity (Wildman–Crippen MR) is 138 cm³/mol. The van der Waals surface area contributed by atoms with E-state index >= 15 is 0 Å². The number of nitrogens with zero attached hydrogens (tertiary/aromatic N) is 4. The Hall–Kier alpha value is -4.59. The number of methoxy groups -OCH3 is 2. The van der Waals surface area contributed by atoms with Crippen LogP contribution in [0.2, 0.25) is 0 Å². The molecule has 8 heteroatoms. The minimum Gasteiger partial charge on any atom is -0.497 e. The average molecular weight is 483 g/mol. The van der Waals surface area contributed by atoms with E-state index in [1.165, 1.54) is 4.57 Å². The number of benzene rings is 3. The van der Waals surface area contributed by atoms with Crippen LogP contribution in [0.1, 0.15) is 16.7 Å². The summed E-state index contributed by atoms with van der Waals surface area (Å²) in [5.74, 6) is 1.44. The van der Waals surface area contributed by atoms with Crippen molar-refractivity contribution in [2.75, 3.05) is 14.2 Å². The Bertz CT molecular complexity index is 1600. The van der Waals surface area contributed by atoms with E-state index in [-0.39, 0.29) is 18.6 Å². The van der Waals surface area contributed by atoms with Crippen molar-refractivity contribution in [3.05, 3.63) is 123 Å². The summed E-state index contributed by atoms with van der Waals surface area (Å²) in [4.78, 5) is 31.8. The first-order chi connectivity index (χ1) is 17.6. The monoisotopic (exact) mass is 482 g/mol. The molecule has 0 N–H and O–H groups in total. The molecule has 0 atom stereocenters. The number of hydrogen-bond donors (Lipinski definition) is 0. The number of hydrogen-bond acceptors (Lipinski definition) is 5. The van der Waals surface area contributed by atoms with E-state index in [9.17, 15) is 9.59 Å². The van der Waals surface area contributed by atoms with Gasteiger partial charge >= 0.3 is 5.69 Å². The summed E-state index contributed by atoms with van der Waals surface area (Å²) >= 11 is 0. The number of rotatable bonds is 8. The van der Waals surface area contributed by atoms with Gasteiger partial charge in [0.05, 0.1) is 33.6 Å². The molecule has 36 heavy (non-hydrogen) atoms. The van der Waals surface area contributed by atoms with Gasteiger partial charge in [0, 0.05) is 6.54 Å².